The van der Waals surface area contributed by atoms with Gasteiger partial charge < -0.3 is 9.88 Å². The van der Waals surface area contributed by atoms with Gasteiger partial charge in [0.25, 0.3) is 0 Å². The van der Waals surface area contributed by atoms with Crippen molar-refractivity contribution in [1.82, 2.24) is 9.55 Å². The van der Waals surface area contributed by atoms with Gasteiger partial charge in [-0.25, -0.2) is 4.98 Å². The summed E-state index contributed by atoms with van der Waals surface area (Å²) in [5.41, 5.74) is 4.08. The van der Waals surface area contributed by atoms with Crippen LogP contribution in [0.4, 0.5) is 5.95 Å². The Hall–Kier alpha value is -2.10. The van der Waals surface area contributed by atoms with Crippen LogP contribution in [-0.4, -0.2) is 15.3 Å². The number of allylic oxidation sites excluding steroid dienone is 2. The maximum atomic E-state index is 12.2. The minimum absolute atomic E-state index is 0.0754. The lowest BCUT2D eigenvalue weighted by molar-refractivity contribution is -0.116. The highest BCUT2D eigenvalue weighted by atomic mass is 16.1. The zero-order valence-electron chi connectivity index (χ0n) is 10.8. The monoisotopic (exact) mass is 253 g/mol. The molecule has 4 rings (SSSR count). The van der Waals surface area contributed by atoms with E-state index in [2.05, 4.69) is 27.9 Å². The molecule has 1 aliphatic heterocycles. The van der Waals surface area contributed by atoms with Crippen molar-refractivity contribution in [3.05, 3.63) is 35.5 Å². The highest BCUT2D eigenvalue weighted by Crippen LogP contribution is 2.38. The summed E-state index contributed by atoms with van der Waals surface area (Å²) in [4.78, 5) is 16.8. The van der Waals surface area contributed by atoms with Crippen LogP contribution in [0.1, 0.15) is 32.2 Å². The van der Waals surface area contributed by atoms with Crippen LogP contribution in [0.3, 0.4) is 0 Å². The molecule has 1 N–H and O–H groups in total. The van der Waals surface area contributed by atoms with Gasteiger partial charge in [0.05, 0.1) is 17.1 Å². The normalized spacial score (nSPS) is 22.2. The average Bonchev–Trinajstić information content (AvgIpc) is 2.77. The molecule has 0 unspecified atom stereocenters. The topological polar surface area (TPSA) is 46.9 Å². The van der Waals surface area contributed by atoms with E-state index < -0.39 is 0 Å². The van der Waals surface area contributed by atoms with Gasteiger partial charge >= 0.3 is 0 Å². The smallest absolute Gasteiger partial charge is 0.208 e. The molecule has 1 aromatic heterocycles. The Bertz CT molecular complexity index is 726. The number of hydrogen-bond donors (Lipinski definition) is 1. The predicted molar refractivity (Wildman–Crippen MR) is 74.0 cm³/mol. The zero-order chi connectivity index (χ0) is 13.0. The SMILES string of the molecule is C[C@@H]1C2=C(CCCC2=O)Nc2nc3ccccc3n21. The first-order chi connectivity index (χ1) is 9.25. The van der Waals surface area contributed by atoms with E-state index in [9.17, 15) is 4.79 Å². The molecule has 2 aromatic rings. The molecule has 4 heteroatoms. The van der Waals surface area contributed by atoms with Crippen molar-refractivity contribution in [1.29, 1.82) is 0 Å². The third kappa shape index (κ3) is 1.40. The number of rotatable bonds is 0. The Labute approximate surface area is 111 Å². The van der Waals surface area contributed by atoms with Crippen molar-refractivity contribution >= 4 is 22.8 Å². The van der Waals surface area contributed by atoms with Gasteiger partial charge in [-0.3, -0.25) is 4.79 Å². The van der Waals surface area contributed by atoms with Crippen molar-refractivity contribution in [2.45, 2.75) is 32.2 Å². The summed E-state index contributed by atoms with van der Waals surface area (Å²) in [6.07, 6.45) is 2.57. The van der Waals surface area contributed by atoms with Gasteiger partial charge in [-0.2, -0.15) is 0 Å². The molecule has 0 saturated carbocycles. The number of benzene rings is 1. The molecule has 0 radical (unpaired) electrons. The van der Waals surface area contributed by atoms with Gasteiger partial charge in [0, 0.05) is 17.7 Å². The van der Waals surface area contributed by atoms with Crippen molar-refractivity contribution in [3.8, 4) is 0 Å². The van der Waals surface area contributed by atoms with Crippen LogP contribution in [-0.2, 0) is 4.79 Å². The van der Waals surface area contributed by atoms with Crippen LogP contribution in [0.2, 0.25) is 0 Å². The molecule has 0 bridgehead atoms. The summed E-state index contributed by atoms with van der Waals surface area (Å²) in [5.74, 6) is 1.15. The number of carbonyl (C=O) groups excluding carboxylic acids is 1. The van der Waals surface area contributed by atoms with Crippen LogP contribution in [0.25, 0.3) is 11.0 Å². The van der Waals surface area contributed by atoms with E-state index in [-0.39, 0.29) is 11.8 Å². The van der Waals surface area contributed by atoms with Gasteiger partial charge in [-0.15, -0.1) is 0 Å². The first kappa shape index (κ1) is 10.8. The number of anilines is 1. The highest BCUT2D eigenvalue weighted by molar-refractivity contribution is 5.99. The second-order valence-corrected chi connectivity index (χ2v) is 5.26. The molecule has 0 spiro atoms. The maximum absolute atomic E-state index is 12.2. The fourth-order valence-electron chi connectivity index (χ4n) is 3.27. The number of para-hydroxylation sites is 2. The molecular formula is C15H15N3O. The lowest BCUT2D eigenvalue weighted by Gasteiger charge is -2.31. The number of imidazole rings is 1. The summed E-state index contributed by atoms with van der Waals surface area (Å²) in [5, 5.41) is 3.36. The van der Waals surface area contributed by atoms with Crippen LogP contribution in [0.15, 0.2) is 35.5 Å². The average molecular weight is 253 g/mol. The minimum Gasteiger partial charge on any atom is -0.329 e. The van der Waals surface area contributed by atoms with Gasteiger partial charge in [0.1, 0.15) is 0 Å². The van der Waals surface area contributed by atoms with Crippen molar-refractivity contribution < 1.29 is 4.79 Å². The van der Waals surface area contributed by atoms with Gasteiger partial charge in [0.15, 0.2) is 5.78 Å². The number of carbonyl (C=O) groups is 1. The lowest BCUT2D eigenvalue weighted by atomic mass is 9.89. The number of fused-ring (bicyclic) bond motifs is 3. The fraction of sp³-hybridized carbons (Fsp3) is 0.333. The molecule has 1 aromatic carbocycles. The molecule has 19 heavy (non-hydrogen) atoms. The standard InChI is InChI=1S/C15H15N3O/c1-9-14-11(6-4-8-13(14)19)17-15-16-10-5-2-3-7-12(10)18(9)15/h2-3,5,7,9H,4,6,8H2,1H3,(H,16,17)/t9-/m1/s1. The first-order valence-corrected chi connectivity index (χ1v) is 6.76. The van der Waals surface area contributed by atoms with E-state index in [1.165, 1.54) is 0 Å². The third-order valence-electron chi connectivity index (χ3n) is 4.12. The van der Waals surface area contributed by atoms with E-state index in [0.717, 1.165) is 41.1 Å². The van der Waals surface area contributed by atoms with Crippen LogP contribution in [0, 0.1) is 0 Å². The van der Waals surface area contributed by atoms with E-state index in [4.69, 9.17) is 0 Å². The van der Waals surface area contributed by atoms with Gasteiger partial charge in [-0.05, 0) is 31.9 Å². The summed E-state index contributed by atoms with van der Waals surface area (Å²) in [6.45, 7) is 2.09. The number of ketones is 1. The molecular weight excluding hydrogens is 238 g/mol. The van der Waals surface area contributed by atoms with E-state index in [0.29, 0.717) is 6.42 Å². The van der Waals surface area contributed by atoms with Gasteiger partial charge in [0.2, 0.25) is 5.95 Å². The molecule has 1 aliphatic carbocycles. The summed E-state index contributed by atoms with van der Waals surface area (Å²) in [7, 11) is 0. The minimum atomic E-state index is 0.0754. The maximum Gasteiger partial charge on any atom is 0.208 e. The Balaban J connectivity index is 1.95. The number of nitrogens with zero attached hydrogens (tertiary/aromatic N) is 2. The Morgan fingerprint density at radius 3 is 3.05 bits per heavy atom. The predicted octanol–water partition coefficient (Wildman–Crippen LogP) is 3.03. The second kappa shape index (κ2) is 3.70. The summed E-state index contributed by atoms with van der Waals surface area (Å²) < 4.78 is 2.14. The van der Waals surface area contributed by atoms with Gasteiger partial charge in [-0.1, -0.05) is 12.1 Å². The molecule has 96 valence electrons. The number of hydrogen-bond acceptors (Lipinski definition) is 3. The van der Waals surface area contributed by atoms with Crippen LogP contribution >= 0.6 is 0 Å². The molecule has 0 saturated heterocycles. The number of Topliss-reactive ketones (excluding diaryl/α,β-unsaturated/α-hetero) is 1. The lowest BCUT2D eigenvalue weighted by Crippen LogP contribution is -2.28. The van der Waals surface area contributed by atoms with Crippen molar-refractivity contribution in [2.75, 3.05) is 5.32 Å². The highest BCUT2D eigenvalue weighted by Gasteiger charge is 2.32. The second-order valence-electron chi connectivity index (χ2n) is 5.26. The van der Waals surface area contributed by atoms with E-state index >= 15 is 0 Å². The Morgan fingerprint density at radius 1 is 1.32 bits per heavy atom. The number of nitrogens with one attached hydrogen (secondary N) is 1. The summed E-state index contributed by atoms with van der Waals surface area (Å²) in [6, 6.07) is 8.14. The van der Waals surface area contributed by atoms with E-state index in [1.807, 2.05) is 18.2 Å². The largest absolute Gasteiger partial charge is 0.329 e. The van der Waals surface area contributed by atoms with Crippen LogP contribution < -0.4 is 5.32 Å². The molecule has 4 nitrogen and oxygen atoms in total. The van der Waals surface area contributed by atoms with Crippen molar-refractivity contribution in [3.63, 3.8) is 0 Å². The summed E-state index contributed by atoms with van der Waals surface area (Å²) >= 11 is 0. The fourth-order valence-corrected chi connectivity index (χ4v) is 3.27. The molecule has 0 fully saturated rings. The van der Waals surface area contributed by atoms with Crippen molar-refractivity contribution in [2.24, 2.45) is 0 Å². The molecule has 2 heterocycles. The number of aromatic nitrogens is 2. The van der Waals surface area contributed by atoms with E-state index in [1.54, 1.807) is 0 Å². The molecule has 0 amide bonds. The quantitative estimate of drug-likeness (QED) is 0.785. The zero-order valence-corrected chi connectivity index (χ0v) is 10.8. The Morgan fingerprint density at radius 2 is 2.16 bits per heavy atom. The Kier molecular flexibility index (Phi) is 2.10. The van der Waals surface area contributed by atoms with Crippen LogP contribution in [0.5, 0.6) is 0 Å². The third-order valence-corrected chi connectivity index (χ3v) is 4.12. The first-order valence-electron chi connectivity index (χ1n) is 6.76. The molecule has 2 aliphatic rings. The molecule has 1 atom stereocenters.